The molecule has 4 N–H and O–H groups in total. The Morgan fingerprint density at radius 1 is 0.889 bits per heavy atom. The molecular weight excluding hydrogens is 484 g/mol. The molecule has 2 aromatic heterocycles. The Hall–Kier alpha value is -4.70. The van der Waals surface area contributed by atoms with E-state index in [1.807, 2.05) is 30.3 Å². The van der Waals surface area contributed by atoms with Crippen LogP contribution >= 0.6 is 11.6 Å². The van der Waals surface area contributed by atoms with Crippen molar-refractivity contribution in [1.29, 1.82) is 0 Å². The fraction of sp³-hybridized carbons (Fsp3) is 0.0800. The summed E-state index contributed by atoms with van der Waals surface area (Å²) in [6.45, 7) is 0. The number of benzene rings is 2. The van der Waals surface area contributed by atoms with Gasteiger partial charge in [0.1, 0.15) is 0 Å². The molecule has 0 radical (unpaired) electrons. The van der Waals surface area contributed by atoms with Crippen molar-refractivity contribution in [2.24, 2.45) is 0 Å². The highest BCUT2D eigenvalue weighted by atomic mass is 35.5. The highest BCUT2D eigenvalue weighted by Gasteiger charge is 2.26. The Labute approximate surface area is 210 Å². The van der Waals surface area contributed by atoms with Gasteiger partial charge in [0.2, 0.25) is 0 Å². The van der Waals surface area contributed by atoms with Crippen molar-refractivity contribution >= 4 is 29.5 Å². The Morgan fingerprint density at radius 3 is 2.28 bits per heavy atom. The van der Waals surface area contributed by atoms with Crippen molar-refractivity contribution < 1.29 is 19.5 Å². The molecule has 0 spiro atoms. The first-order valence-electron chi connectivity index (χ1n) is 10.8. The smallest absolute Gasteiger partial charge is 0.425 e. The lowest BCUT2D eigenvalue weighted by atomic mass is 9.99. The van der Waals surface area contributed by atoms with Crippen molar-refractivity contribution in [3.8, 4) is 11.3 Å². The maximum atomic E-state index is 13.3. The second-order valence-electron chi connectivity index (χ2n) is 7.65. The second-order valence-corrected chi connectivity index (χ2v) is 8.08. The minimum Gasteiger partial charge on any atom is -0.464 e. The van der Waals surface area contributed by atoms with Gasteiger partial charge in [0.05, 0.1) is 11.3 Å². The summed E-state index contributed by atoms with van der Waals surface area (Å²) in [5, 5.41) is 14.2. The topological polar surface area (TPSA) is 138 Å². The summed E-state index contributed by atoms with van der Waals surface area (Å²) >= 11 is 6.03. The van der Waals surface area contributed by atoms with E-state index in [0.717, 1.165) is 10.4 Å². The van der Waals surface area contributed by atoms with Crippen LogP contribution in [0, 0.1) is 0 Å². The van der Waals surface area contributed by atoms with Crippen LogP contribution in [0.3, 0.4) is 0 Å². The third kappa shape index (κ3) is 5.86. The van der Waals surface area contributed by atoms with Crippen LogP contribution < -0.4 is 16.3 Å². The molecule has 11 heteroatoms. The molecule has 0 aliphatic rings. The van der Waals surface area contributed by atoms with Crippen LogP contribution in [0.25, 0.3) is 11.3 Å². The standard InChI is InChI=1S/C25H21ClN6O4/c26-19-11-9-17(10-12-19)21-20(13-8-16-5-2-1-3-6-16)22(32(30-21)31-25(35)36)24(34)29-28-23(33)18-7-4-14-27-15-18/h1-7,9-12,14-15,31H,8,13H2,(H,28,33)(H,29,34)(H,35,36). The third-order valence-electron chi connectivity index (χ3n) is 5.24. The SMILES string of the molecule is O=C(O)Nn1nc(-c2ccc(Cl)cc2)c(CCc2ccccc2)c1C(=O)NNC(=O)c1cccnc1. The Bertz CT molecular complexity index is 1380. The number of aromatic nitrogens is 3. The summed E-state index contributed by atoms with van der Waals surface area (Å²) in [6, 6.07) is 19.6. The van der Waals surface area contributed by atoms with Gasteiger partial charge in [0.25, 0.3) is 11.8 Å². The summed E-state index contributed by atoms with van der Waals surface area (Å²) in [4.78, 5) is 41.9. The van der Waals surface area contributed by atoms with Gasteiger partial charge in [0, 0.05) is 28.5 Å². The summed E-state index contributed by atoms with van der Waals surface area (Å²) in [5.41, 5.74) is 9.52. The molecule has 0 saturated carbocycles. The quantitative estimate of drug-likeness (QED) is 0.283. The average Bonchev–Trinajstić information content (AvgIpc) is 3.24. The monoisotopic (exact) mass is 504 g/mol. The zero-order chi connectivity index (χ0) is 25.5. The van der Waals surface area contributed by atoms with Gasteiger partial charge in [0.15, 0.2) is 5.69 Å². The first-order valence-corrected chi connectivity index (χ1v) is 11.2. The van der Waals surface area contributed by atoms with Gasteiger partial charge in [-0.25, -0.2) is 10.2 Å². The lowest BCUT2D eigenvalue weighted by Crippen LogP contribution is -2.43. The summed E-state index contributed by atoms with van der Waals surface area (Å²) in [6.07, 6.45) is 2.37. The van der Waals surface area contributed by atoms with Crippen molar-refractivity contribution in [3.05, 3.63) is 107 Å². The lowest BCUT2D eigenvalue weighted by molar-refractivity contribution is 0.0840. The van der Waals surface area contributed by atoms with Gasteiger partial charge in [-0.15, -0.1) is 0 Å². The lowest BCUT2D eigenvalue weighted by Gasteiger charge is -2.11. The largest absolute Gasteiger partial charge is 0.464 e. The van der Waals surface area contributed by atoms with Gasteiger partial charge in [-0.2, -0.15) is 9.89 Å². The van der Waals surface area contributed by atoms with E-state index in [1.54, 1.807) is 30.3 Å². The van der Waals surface area contributed by atoms with E-state index in [-0.39, 0.29) is 11.3 Å². The van der Waals surface area contributed by atoms with Crippen molar-refractivity contribution in [2.45, 2.75) is 12.8 Å². The molecule has 0 aliphatic heterocycles. The number of halogens is 1. The van der Waals surface area contributed by atoms with E-state index in [1.165, 1.54) is 18.5 Å². The first-order chi connectivity index (χ1) is 17.4. The van der Waals surface area contributed by atoms with Gasteiger partial charge < -0.3 is 5.11 Å². The first kappa shape index (κ1) is 24.4. The van der Waals surface area contributed by atoms with Crippen LogP contribution in [0.4, 0.5) is 4.79 Å². The van der Waals surface area contributed by atoms with Crippen LogP contribution in [0.1, 0.15) is 32.0 Å². The minimum atomic E-state index is -1.41. The Kier molecular flexibility index (Phi) is 7.57. The number of hydrogen-bond donors (Lipinski definition) is 4. The van der Waals surface area contributed by atoms with E-state index >= 15 is 0 Å². The molecule has 0 fully saturated rings. The molecule has 182 valence electrons. The summed E-state index contributed by atoms with van der Waals surface area (Å²) in [7, 11) is 0. The number of carbonyl (C=O) groups excluding carboxylic acids is 2. The highest BCUT2D eigenvalue weighted by Crippen LogP contribution is 2.28. The summed E-state index contributed by atoms with van der Waals surface area (Å²) < 4.78 is 0. The molecule has 4 aromatic rings. The molecule has 0 unspecified atom stereocenters. The van der Waals surface area contributed by atoms with Gasteiger partial charge in [-0.05, 0) is 42.7 Å². The van der Waals surface area contributed by atoms with E-state index in [4.69, 9.17) is 11.6 Å². The van der Waals surface area contributed by atoms with Crippen LogP contribution in [-0.2, 0) is 12.8 Å². The van der Waals surface area contributed by atoms with Crippen molar-refractivity contribution in [1.82, 2.24) is 25.7 Å². The van der Waals surface area contributed by atoms with Crippen molar-refractivity contribution in [3.63, 3.8) is 0 Å². The van der Waals surface area contributed by atoms with Crippen LogP contribution in [0.15, 0.2) is 79.1 Å². The maximum Gasteiger partial charge on any atom is 0.425 e. The molecule has 10 nitrogen and oxygen atoms in total. The number of hydrogen-bond acceptors (Lipinski definition) is 5. The second kappa shape index (κ2) is 11.2. The molecule has 0 saturated heterocycles. The van der Waals surface area contributed by atoms with E-state index in [9.17, 15) is 19.5 Å². The van der Waals surface area contributed by atoms with E-state index in [0.29, 0.717) is 34.7 Å². The van der Waals surface area contributed by atoms with Crippen molar-refractivity contribution in [2.75, 3.05) is 5.43 Å². The molecular formula is C25H21ClN6O4. The van der Waals surface area contributed by atoms with Gasteiger partial charge >= 0.3 is 6.09 Å². The zero-order valence-corrected chi connectivity index (χ0v) is 19.6. The van der Waals surface area contributed by atoms with E-state index < -0.39 is 17.9 Å². The number of carboxylic acid groups (broad SMARTS) is 1. The Morgan fingerprint density at radius 2 is 1.61 bits per heavy atom. The molecule has 0 atom stereocenters. The van der Waals surface area contributed by atoms with Crippen LogP contribution in [0.2, 0.25) is 5.02 Å². The third-order valence-corrected chi connectivity index (χ3v) is 5.49. The normalized spacial score (nSPS) is 10.5. The molecule has 0 bridgehead atoms. The molecule has 2 aromatic carbocycles. The van der Waals surface area contributed by atoms with Crippen LogP contribution in [-0.4, -0.2) is 37.9 Å². The average molecular weight is 505 g/mol. The van der Waals surface area contributed by atoms with Crippen LogP contribution in [0.5, 0.6) is 0 Å². The molecule has 3 amide bonds. The number of pyridine rings is 1. The molecule has 0 aliphatic carbocycles. The maximum absolute atomic E-state index is 13.3. The minimum absolute atomic E-state index is 0.0650. The number of nitrogens with one attached hydrogen (secondary N) is 3. The number of aryl methyl sites for hydroxylation is 1. The highest BCUT2D eigenvalue weighted by molar-refractivity contribution is 6.30. The number of nitrogens with zero attached hydrogens (tertiary/aromatic N) is 3. The summed E-state index contributed by atoms with van der Waals surface area (Å²) in [5.74, 6) is -1.34. The fourth-order valence-corrected chi connectivity index (χ4v) is 3.71. The number of rotatable bonds is 7. The number of amides is 3. The zero-order valence-electron chi connectivity index (χ0n) is 18.8. The number of hydrazine groups is 1. The fourth-order valence-electron chi connectivity index (χ4n) is 3.59. The molecule has 36 heavy (non-hydrogen) atoms. The molecule has 2 heterocycles. The van der Waals surface area contributed by atoms with Gasteiger partial charge in [-0.3, -0.25) is 25.4 Å². The predicted molar refractivity (Wildman–Crippen MR) is 133 cm³/mol. The number of carbonyl (C=O) groups is 3. The predicted octanol–water partition coefficient (Wildman–Crippen LogP) is 3.68. The Balaban J connectivity index is 1.70. The van der Waals surface area contributed by atoms with E-state index in [2.05, 4.69) is 26.4 Å². The van der Waals surface area contributed by atoms with Gasteiger partial charge in [-0.1, -0.05) is 54.1 Å². The molecule has 4 rings (SSSR count).